The van der Waals surface area contributed by atoms with Gasteiger partial charge in [-0.15, -0.1) is 0 Å². The molecule has 1 rings (SSSR count). The topological polar surface area (TPSA) is 83.6 Å². The number of primary amides is 1. The fraction of sp³-hybridized carbons (Fsp3) is 0.333. The Bertz CT molecular complexity index is 457. The monoisotopic (exact) mass is 236 g/mol. The number of aryl methyl sites for hydroxylation is 1. The molecule has 1 atom stereocenters. The molecule has 1 unspecified atom stereocenters. The van der Waals surface area contributed by atoms with Gasteiger partial charge >= 0.3 is 5.97 Å². The largest absolute Gasteiger partial charge is 0.480 e. The summed E-state index contributed by atoms with van der Waals surface area (Å²) in [6.45, 7) is 3.42. The normalized spacial score (nSPS) is 11.9. The number of aliphatic carboxylic acids is 1. The van der Waals surface area contributed by atoms with Crippen LogP contribution >= 0.6 is 0 Å². The lowest BCUT2D eigenvalue weighted by Gasteiger charge is -2.25. The van der Waals surface area contributed by atoms with Gasteiger partial charge in [-0.3, -0.25) is 4.79 Å². The molecule has 3 N–H and O–H groups in total. The molecule has 17 heavy (non-hydrogen) atoms. The first-order valence-corrected chi connectivity index (χ1v) is 5.20. The number of carbonyl (C=O) groups excluding carboxylic acids is 1. The number of carboxylic acid groups (broad SMARTS) is 1. The summed E-state index contributed by atoms with van der Waals surface area (Å²) in [6, 6.07) is 4.40. The van der Waals surface area contributed by atoms with Crippen molar-refractivity contribution in [2.45, 2.75) is 19.9 Å². The summed E-state index contributed by atoms with van der Waals surface area (Å²) in [4.78, 5) is 23.7. The quantitative estimate of drug-likeness (QED) is 0.817. The predicted molar refractivity (Wildman–Crippen MR) is 65.2 cm³/mol. The van der Waals surface area contributed by atoms with E-state index < -0.39 is 17.9 Å². The van der Waals surface area contributed by atoms with Crippen LogP contribution in [0, 0.1) is 6.92 Å². The van der Waals surface area contributed by atoms with Crippen LogP contribution in [0.1, 0.15) is 22.8 Å². The highest BCUT2D eigenvalue weighted by molar-refractivity contribution is 5.99. The number of anilines is 1. The first-order valence-electron chi connectivity index (χ1n) is 5.20. The highest BCUT2D eigenvalue weighted by atomic mass is 16.4. The molecule has 5 heteroatoms. The van der Waals surface area contributed by atoms with Crippen molar-refractivity contribution in [1.29, 1.82) is 0 Å². The van der Waals surface area contributed by atoms with Gasteiger partial charge in [-0.25, -0.2) is 4.79 Å². The van der Waals surface area contributed by atoms with Gasteiger partial charge in [0.05, 0.1) is 11.3 Å². The van der Waals surface area contributed by atoms with E-state index in [0.717, 1.165) is 5.56 Å². The van der Waals surface area contributed by atoms with Gasteiger partial charge in [-0.05, 0) is 31.5 Å². The Morgan fingerprint density at radius 1 is 1.41 bits per heavy atom. The molecule has 0 aliphatic carbocycles. The number of likely N-dealkylation sites (N-methyl/N-ethyl adjacent to an activating group) is 1. The van der Waals surface area contributed by atoms with E-state index in [1.54, 1.807) is 32.2 Å². The number of hydrogen-bond donors (Lipinski definition) is 2. The van der Waals surface area contributed by atoms with E-state index in [4.69, 9.17) is 10.8 Å². The molecule has 0 saturated carbocycles. The van der Waals surface area contributed by atoms with Crippen LogP contribution in [0.15, 0.2) is 18.2 Å². The molecule has 0 aliphatic rings. The maximum absolute atomic E-state index is 11.3. The van der Waals surface area contributed by atoms with Crippen molar-refractivity contribution in [1.82, 2.24) is 0 Å². The van der Waals surface area contributed by atoms with Gasteiger partial charge in [-0.1, -0.05) is 6.07 Å². The first kappa shape index (κ1) is 13.0. The number of benzene rings is 1. The molecular formula is C12H16N2O3. The van der Waals surface area contributed by atoms with Crippen LogP contribution in [0.4, 0.5) is 5.69 Å². The number of carboxylic acids is 1. The summed E-state index contributed by atoms with van der Waals surface area (Å²) < 4.78 is 0. The summed E-state index contributed by atoms with van der Waals surface area (Å²) in [7, 11) is 1.62. The smallest absolute Gasteiger partial charge is 0.326 e. The minimum absolute atomic E-state index is 0.325. The van der Waals surface area contributed by atoms with E-state index in [1.807, 2.05) is 6.92 Å². The lowest BCUT2D eigenvalue weighted by Crippen LogP contribution is -2.37. The molecule has 0 aromatic heterocycles. The second-order valence-electron chi connectivity index (χ2n) is 4.01. The second kappa shape index (κ2) is 4.86. The number of carbonyl (C=O) groups is 2. The van der Waals surface area contributed by atoms with Crippen molar-refractivity contribution in [2.24, 2.45) is 5.73 Å². The van der Waals surface area contributed by atoms with Gasteiger partial charge in [0.15, 0.2) is 0 Å². The fourth-order valence-electron chi connectivity index (χ4n) is 1.52. The van der Waals surface area contributed by atoms with Gasteiger partial charge in [0.2, 0.25) is 0 Å². The zero-order valence-corrected chi connectivity index (χ0v) is 10.1. The molecule has 0 radical (unpaired) electrons. The second-order valence-corrected chi connectivity index (χ2v) is 4.01. The fourth-order valence-corrected chi connectivity index (χ4v) is 1.52. The molecular weight excluding hydrogens is 220 g/mol. The third-order valence-corrected chi connectivity index (χ3v) is 2.74. The molecule has 0 fully saturated rings. The average molecular weight is 236 g/mol. The maximum atomic E-state index is 11.3. The molecule has 0 heterocycles. The molecule has 0 spiro atoms. The summed E-state index contributed by atoms with van der Waals surface area (Å²) in [6.07, 6.45) is 0. The van der Waals surface area contributed by atoms with Crippen molar-refractivity contribution < 1.29 is 14.7 Å². The van der Waals surface area contributed by atoms with Crippen molar-refractivity contribution in [3.63, 3.8) is 0 Å². The van der Waals surface area contributed by atoms with Crippen LogP contribution in [0.2, 0.25) is 0 Å². The molecule has 0 bridgehead atoms. The van der Waals surface area contributed by atoms with E-state index in [2.05, 4.69) is 0 Å². The summed E-state index contributed by atoms with van der Waals surface area (Å²) >= 11 is 0. The lowest BCUT2D eigenvalue weighted by atomic mass is 10.1. The van der Waals surface area contributed by atoms with Gasteiger partial charge in [0.1, 0.15) is 6.04 Å². The molecule has 0 saturated heterocycles. The Labute approximate surface area is 99.8 Å². The molecule has 5 nitrogen and oxygen atoms in total. The number of amides is 1. The molecule has 1 aromatic rings. The highest BCUT2D eigenvalue weighted by Gasteiger charge is 2.21. The molecule has 0 aliphatic heterocycles. The van der Waals surface area contributed by atoms with E-state index >= 15 is 0 Å². The van der Waals surface area contributed by atoms with Crippen LogP contribution in [0.3, 0.4) is 0 Å². The van der Waals surface area contributed by atoms with E-state index in [9.17, 15) is 9.59 Å². The Morgan fingerprint density at radius 3 is 2.47 bits per heavy atom. The average Bonchev–Trinajstić information content (AvgIpc) is 2.26. The first-order chi connectivity index (χ1) is 7.84. The van der Waals surface area contributed by atoms with Gasteiger partial charge in [0, 0.05) is 7.05 Å². The van der Waals surface area contributed by atoms with E-state index in [-0.39, 0.29) is 0 Å². The van der Waals surface area contributed by atoms with Crippen molar-refractivity contribution in [2.75, 3.05) is 11.9 Å². The SMILES string of the molecule is Cc1ccc(C(N)=O)c(N(C)C(C)C(=O)O)c1. The van der Waals surface area contributed by atoms with Crippen molar-refractivity contribution in [3.8, 4) is 0 Å². The van der Waals surface area contributed by atoms with Crippen molar-refractivity contribution >= 4 is 17.6 Å². The van der Waals surface area contributed by atoms with Crippen LogP contribution in [0.25, 0.3) is 0 Å². The Hall–Kier alpha value is -2.04. The van der Waals surface area contributed by atoms with Crippen LogP contribution in [0.5, 0.6) is 0 Å². The van der Waals surface area contributed by atoms with Crippen LogP contribution in [-0.4, -0.2) is 30.1 Å². The van der Waals surface area contributed by atoms with Gasteiger partial charge in [-0.2, -0.15) is 0 Å². The zero-order chi connectivity index (χ0) is 13.2. The summed E-state index contributed by atoms with van der Waals surface area (Å²) in [5, 5.41) is 8.95. The Balaban J connectivity index is 3.23. The summed E-state index contributed by atoms with van der Waals surface area (Å²) in [5.41, 5.74) is 7.06. The molecule has 1 aromatic carbocycles. The molecule has 1 amide bonds. The van der Waals surface area contributed by atoms with Crippen LogP contribution < -0.4 is 10.6 Å². The zero-order valence-electron chi connectivity index (χ0n) is 10.1. The maximum Gasteiger partial charge on any atom is 0.326 e. The number of nitrogens with zero attached hydrogens (tertiary/aromatic N) is 1. The molecule has 92 valence electrons. The highest BCUT2D eigenvalue weighted by Crippen LogP contribution is 2.22. The van der Waals surface area contributed by atoms with E-state index in [0.29, 0.717) is 11.3 Å². The number of nitrogens with two attached hydrogens (primary N) is 1. The van der Waals surface area contributed by atoms with Crippen LogP contribution in [-0.2, 0) is 4.79 Å². The predicted octanol–water partition coefficient (Wildman–Crippen LogP) is 1.00. The van der Waals surface area contributed by atoms with Gasteiger partial charge < -0.3 is 15.7 Å². The number of hydrogen-bond acceptors (Lipinski definition) is 3. The van der Waals surface area contributed by atoms with E-state index in [1.165, 1.54) is 4.90 Å². The third kappa shape index (κ3) is 2.75. The Kier molecular flexibility index (Phi) is 3.73. The standard InChI is InChI=1S/C12H16N2O3/c1-7-4-5-9(11(13)15)10(6-7)14(3)8(2)12(16)17/h4-6,8H,1-3H3,(H2,13,15)(H,16,17). The lowest BCUT2D eigenvalue weighted by molar-refractivity contribution is -0.138. The third-order valence-electron chi connectivity index (χ3n) is 2.74. The van der Waals surface area contributed by atoms with Crippen molar-refractivity contribution in [3.05, 3.63) is 29.3 Å². The minimum Gasteiger partial charge on any atom is -0.480 e. The minimum atomic E-state index is -0.954. The Morgan fingerprint density at radius 2 is 2.00 bits per heavy atom. The number of rotatable bonds is 4. The van der Waals surface area contributed by atoms with Gasteiger partial charge in [0.25, 0.3) is 5.91 Å². The summed E-state index contributed by atoms with van der Waals surface area (Å²) in [5.74, 6) is -1.52.